The molecule has 0 aromatic heterocycles. The Kier molecular flexibility index (Phi) is 6.17. The number of rotatable bonds is 3. The Hall–Kier alpha value is -1.88. The summed E-state index contributed by atoms with van der Waals surface area (Å²) < 4.78 is 28.9. The topological polar surface area (TPSA) is 37.4 Å². The van der Waals surface area contributed by atoms with E-state index in [1.807, 2.05) is 31.2 Å². The van der Waals surface area contributed by atoms with Crippen LogP contribution in [0.3, 0.4) is 0 Å². The molecule has 0 bridgehead atoms. The normalized spacial score (nSPS) is 25.2. The molecule has 2 aromatic rings. The minimum Gasteiger partial charge on any atom is -0.207 e. The van der Waals surface area contributed by atoms with E-state index < -0.39 is 10.0 Å². The highest BCUT2D eigenvalue weighted by molar-refractivity contribution is 7.89. The molecule has 2 aromatic carbocycles. The lowest BCUT2D eigenvalue weighted by Crippen LogP contribution is -2.34. The first-order chi connectivity index (χ1) is 15.0. The van der Waals surface area contributed by atoms with Gasteiger partial charge in [-0.1, -0.05) is 85.1 Å². The van der Waals surface area contributed by atoms with Gasteiger partial charge in [0.05, 0.1) is 4.90 Å². The highest BCUT2D eigenvalue weighted by atomic mass is 35.5. The maximum absolute atomic E-state index is 13.6. The van der Waals surface area contributed by atoms with Gasteiger partial charge in [0.15, 0.2) is 0 Å². The number of allylic oxidation sites excluding steroid dienone is 2. The minimum absolute atomic E-state index is 0.0618. The van der Waals surface area contributed by atoms with Crippen molar-refractivity contribution in [2.45, 2.75) is 51.9 Å². The van der Waals surface area contributed by atoms with Crippen LogP contribution in [0.25, 0.3) is 5.03 Å². The van der Waals surface area contributed by atoms with Crippen molar-refractivity contribution in [2.24, 2.45) is 10.8 Å². The maximum Gasteiger partial charge on any atom is 0.243 e. The predicted molar refractivity (Wildman–Crippen MR) is 133 cm³/mol. The number of benzene rings is 2. The number of hydrogen-bond acceptors (Lipinski definition) is 2. The van der Waals surface area contributed by atoms with Crippen LogP contribution in [0.2, 0.25) is 0 Å². The first-order valence-electron chi connectivity index (χ1n) is 11.2. The molecular weight excluding hydrogens is 438 g/mol. The fourth-order valence-corrected chi connectivity index (χ4v) is 7.04. The smallest absolute Gasteiger partial charge is 0.207 e. The first-order valence-corrected chi connectivity index (χ1v) is 13.0. The van der Waals surface area contributed by atoms with Crippen molar-refractivity contribution in [2.75, 3.05) is 13.1 Å². The zero-order valence-corrected chi connectivity index (χ0v) is 20.9. The van der Waals surface area contributed by atoms with Crippen molar-refractivity contribution >= 4 is 26.7 Å². The van der Waals surface area contributed by atoms with E-state index in [9.17, 15) is 8.42 Å². The summed E-state index contributed by atoms with van der Waals surface area (Å²) in [4.78, 5) is 0.342. The Morgan fingerprint density at radius 2 is 1.47 bits per heavy atom. The largest absolute Gasteiger partial charge is 0.243 e. The van der Waals surface area contributed by atoms with Crippen LogP contribution in [0, 0.1) is 24.7 Å². The molecule has 1 aliphatic carbocycles. The highest BCUT2D eigenvalue weighted by Crippen LogP contribution is 2.53. The average molecular weight is 470 g/mol. The van der Waals surface area contributed by atoms with E-state index in [1.165, 1.54) is 5.56 Å². The molecule has 1 fully saturated rings. The molecule has 1 heterocycles. The highest BCUT2D eigenvalue weighted by Gasteiger charge is 2.50. The van der Waals surface area contributed by atoms with E-state index in [0.29, 0.717) is 23.0 Å². The quantitative estimate of drug-likeness (QED) is 0.468. The van der Waals surface area contributed by atoms with Crippen LogP contribution in [0.1, 0.15) is 49.8 Å². The van der Waals surface area contributed by atoms with Crippen LogP contribution >= 0.6 is 11.6 Å². The van der Waals surface area contributed by atoms with Gasteiger partial charge in [0, 0.05) is 23.5 Å². The molecule has 32 heavy (non-hydrogen) atoms. The summed E-state index contributed by atoms with van der Waals surface area (Å²) in [5, 5.41) is 0.692. The summed E-state index contributed by atoms with van der Waals surface area (Å²) in [5.74, 6) is 0. The standard InChI is InChI=1S/C27H32ClNO2S/c1-20-7-11-22(12-8-20)25(28)24-17-29(32(30,31)23-13-9-21(2)10-14-23)19-27(24)16-6-5-15-26(3,4)18-27/h5-14H,15-19H2,1-4H3/b25-24+. The third-order valence-corrected chi connectivity index (χ3v) is 9.10. The molecule has 0 amide bonds. The zero-order chi connectivity index (χ0) is 23.1. The van der Waals surface area contributed by atoms with Gasteiger partial charge in [0.25, 0.3) is 0 Å². The van der Waals surface area contributed by atoms with Crippen molar-refractivity contribution in [1.82, 2.24) is 4.31 Å². The van der Waals surface area contributed by atoms with Crippen molar-refractivity contribution in [1.29, 1.82) is 0 Å². The molecule has 170 valence electrons. The summed E-state index contributed by atoms with van der Waals surface area (Å²) in [6.45, 7) is 9.32. The lowest BCUT2D eigenvalue weighted by Gasteiger charge is -2.36. The van der Waals surface area contributed by atoms with Crippen LogP contribution < -0.4 is 0 Å². The number of aryl methyl sites for hydroxylation is 2. The summed E-state index contributed by atoms with van der Waals surface area (Å²) in [6.07, 6.45) is 7.13. The van der Waals surface area contributed by atoms with E-state index in [1.54, 1.807) is 16.4 Å². The lowest BCUT2D eigenvalue weighted by molar-refractivity contribution is 0.209. The van der Waals surface area contributed by atoms with Gasteiger partial charge in [-0.15, -0.1) is 0 Å². The SMILES string of the molecule is Cc1ccc(/C(Cl)=C2/CN(S(=O)(=O)c3ccc(C)cc3)CC23CC=CCC(C)(C)C3)cc1. The van der Waals surface area contributed by atoms with Crippen LogP contribution in [-0.4, -0.2) is 25.8 Å². The van der Waals surface area contributed by atoms with Gasteiger partial charge in [-0.05, 0) is 61.8 Å². The van der Waals surface area contributed by atoms with E-state index in [0.717, 1.165) is 36.0 Å². The molecular formula is C27H32ClNO2S. The first kappa shape index (κ1) is 23.3. The second-order valence-electron chi connectivity index (χ2n) is 10.2. The van der Waals surface area contributed by atoms with Crippen molar-refractivity contribution < 1.29 is 8.42 Å². The van der Waals surface area contributed by atoms with E-state index in [2.05, 4.69) is 45.1 Å². The van der Waals surface area contributed by atoms with Gasteiger partial charge < -0.3 is 0 Å². The van der Waals surface area contributed by atoms with Gasteiger partial charge in [-0.25, -0.2) is 8.42 Å². The molecule has 1 aliphatic heterocycles. The van der Waals surface area contributed by atoms with Gasteiger partial charge in [-0.2, -0.15) is 4.31 Å². The number of nitrogens with zero attached hydrogens (tertiary/aromatic N) is 1. The molecule has 1 atom stereocenters. The van der Waals surface area contributed by atoms with Crippen molar-refractivity contribution in [3.8, 4) is 0 Å². The van der Waals surface area contributed by atoms with Gasteiger partial charge in [-0.3, -0.25) is 0 Å². The molecule has 0 radical (unpaired) electrons. The van der Waals surface area contributed by atoms with Gasteiger partial charge in [0.1, 0.15) is 0 Å². The minimum atomic E-state index is -3.62. The fraction of sp³-hybridized carbons (Fsp3) is 0.407. The van der Waals surface area contributed by atoms with Crippen LogP contribution in [0.15, 0.2) is 71.2 Å². The Labute approximate surface area is 197 Å². The maximum atomic E-state index is 13.6. The molecule has 4 rings (SSSR count). The lowest BCUT2D eigenvalue weighted by atomic mass is 9.68. The predicted octanol–water partition coefficient (Wildman–Crippen LogP) is 6.71. The Morgan fingerprint density at radius 1 is 0.906 bits per heavy atom. The molecule has 0 N–H and O–H groups in total. The van der Waals surface area contributed by atoms with Crippen LogP contribution in [0.5, 0.6) is 0 Å². The summed E-state index contributed by atoms with van der Waals surface area (Å²) >= 11 is 7.05. The second kappa shape index (κ2) is 8.48. The number of hydrogen-bond donors (Lipinski definition) is 0. The Balaban J connectivity index is 1.83. The summed E-state index contributed by atoms with van der Waals surface area (Å²) in [5.41, 5.74) is 3.96. The molecule has 1 unspecified atom stereocenters. The van der Waals surface area contributed by atoms with Crippen molar-refractivity contribution in [3.63, 3.8) is 0 Å². The van der Waals surface area contributed by atoms with Crippen LogP contribution in [0.4, 0.5) is 0 Å². The van der Waals surface area contributed by atoms with Crippen molar-refractivity contribution in [3.05, 3.63) is 82.9 Å². The van der Waals surface area contributed by atoms with E-state index in [-0.39, 0.29) is 10.8 Å². The Morgan fingerprint density at radius 3 is 2.09 bits per heavy atom. The third kappa shape index (κ3) is 4.46. The molecule has 1 spiro atoms. The monoisotopic (exact) mass is 469 g/mol. The summed E-state index contributed by atoms with van der Waals surface area (Å²) in [7, 11) is -3.62. The number of sulfonamides is 1. The second-order valence-corrected chi connectivity index (χ2v) is 12.6. The Bertz CT molecular complexity index is 1160. The molecule has 2 aliphatic rings. The van der Waals surface area contributed by atoms with E-state index in [4.69, 9.17) is 11.6 Å². The molecule has 0 saturated carbocycles. The number of halogens is 1. The fourth-order valence-electron chi connectivity index (χ4n) is 5.16. The van der Waals surface area contributed by atoms with Crippen LogP contribution in [-0.2, 0) is 10.0 Å². The molecule has 5 heteroatoms. The molecule has 3 nitrogen and oxygen atoms in total. The average Bonchev–Trinajstić information content (AvgIpc) is 3.02. The van der Waals surface area contributed by atoms with Gasteiger partial charge in [0.2, 0.25) is 10.0 Å². The van der Waals surface area contributed by atoms with E-state index >= 15 is 0 Å². The zero-order valence-electron chi connectivity index (χ0n) is 19.4. The molecule has 1 saturated heterocycles. The third-order valence-electron chi connectivity index (χ3n) is 6.85. The summed E-state index contributed by atoms with van der Waals surface area (Å²) in [6, 6.07) is 15.3. The van der Waals surface area contributed by atoms with Gasteiger partial charge >= 0.3 is 0 Å².